The molecule has 0 rings (SSSR count). The minimum Gasteiger partial charge on any atom is -0.462 e. The predicted octanol–water partition coefficient (Wildman–Crippen LogP) is 16.0. The van der Waals surface area contributed by atoms with E-state index in [1.165, 1.54) is 122 Å². The molecule has 60 heavy (non-hydrogen) atoms. The molecule has 0 N–H and O–H groups in total. The van der Waals surface area contributed by atoms with Gasteiger partial charge in [0.05, 0.1) is 0 Å². The van der Waals surface area contributed by atoms with Gasteiger partial charge in [0.25, 0.3) is 0 Å². The van der Waals surface area contributed by atoms with E-state index in [0.29, 0.717) is 19.3 Å². The second-order valence-corrected chi connectivity index (χ2v) is 16.1. The normalized spacial score (nSPS) is 12.8. The van der Waals surface area contributed by atoms with Crippen molar-refractivity contribution in [1.29, 1.82) is 0 Å². The van der Waals surface area contributed by atoms with E-state index in [1.54, 1.807) is 0 Å². The number of allylic oxidation sites excluding steroid dienone is 14. The van der Waals surface area contributed by atoms with Crippen LogP contribution in [0.4, 0.5) is 0 Å². The fraction of sp³-hybridized carbons (Fsp3) is 0.685. The summed E-state index contributed by atoms with van der Waals surface area (Å²) in [6, 6.07) is 0. The minimum atomic E-state index is -0.811. The van der Waals surface area contributed by atoms with Crippen molar-refractivity contribution in [3.63, 3.8) is 0 Å². The topological polar surface area (TPSA) is 78.9 Å². The molecule has 0 aliphatic rings. The van der Waals surface area contributed by atoms with E-state index >= 15 is 0 Å². The van der Waals surface area contributed by atoms with Gasteiger partial charge < -0.3 is 14.2 Å². The van der Waals surface area contributed by atoms with Crippen LogP contribution in [0.5, 0.6) is 0 Å². The van der Waals surface area contributed by atoms with E-state index < -0.39 is 6.10 Å². The highest BCUT2D eigenvalue weighted by atomic mass is 16.6. The summed E-state index contributed by atoms with van der Waals surface area (Å²) in [5.41, 5.74) is 0. The van der Waals surface area contributed by atoms with Crippen molar-refractivity contribution in [3.8, 4) is 0 Å². The average Bonchev–Trinajstić information content (AvgIpc) is 3.24. The summed E-state index contributed by atoms with van der Waals surface area (Å²) in [6.45, 7) is 6.38. The lowest BCUT2D eigenvalue weighted by molar-refractivity contribution is -0.167. The number of ether oxygens (including phenoxy) is 3. The van der Waals surface area contributed by atoms with Crippen molar-refractivity contribution < 1.29 is 28.6 Å². The van der Waals surface area contributed by atoms with Crippen molar-refractivity contribution in [2.24, 2.45) is 0 Å². The Labute approximate surface area is 369 Å². The van der Waals surface area contributed by atoms with E-state index in [1.807, 2.05) is 54.7 Å². The maximum Gasteiger partial charge on any atom is 0.306 e. The molecule has 0 aliphatic heterocycles. The zero-order valence-electron chi connectivity index (χ0n) is 38.9. The Kier molecular flexibility index (Phi) is 45.5. The van der Waals surface area contributed by atoms with Gasteiger partial charge in [-0.1, -0.05) is 228 Å². The lowest BCUT2D eigenvalue weighted by Gasteiger charge is -2.18. The van der Waals surface area contributed by atoms with Crippen LogP contribution in [0.3, 0.4) is 0 Å². The second kappa shape index (κ2) is 48.3. The van der Waals surface area contributed by atoms with Gasteiger partial charge in [0.2, 0.25) is 0 Å². The fourth-order valence-corrected chi connectivity index (χ4v) is 6.58. The summed E-state index contributed by atoms with van der Waals surface area (Å²) in [7, 11) is 0. The Morgan fingerprint density at radius 1 is 0.350 bits per heavy atom. The third-order valence-electron chi connectivity index (χ3n) is 10.3. The Bertz CT molecular complexity index is 1190. The van der Waals surface area contributed by atoms with Gasteiger partial charge in [0, 0.05) is 19.3 Å². The summed E-state index contributed by atoms with van der Waals surface area (Å²) >= 11 is 0. The van der Waals surface area contributed by atoms with E-state index in [9.17, 15) is 14.4 Å². The summed E-state index contributed by atoms with van der Waals surface area (Å²) in [5.74, 6) is -0.988. The lowest BCUT2D eigenvalue weighted by Crippen LogP contribution is -2.30. The zero-order chi connectivity index (χ0) is 43.7. The predicted molar refractivity (Wildman–Crippen MR) is 256 cm³/mol. The molecule has 0 radical (unpaired) electrons. The molecular weight excluding hydrogens is 745 g/mol. The summed E-state index contributed by atoms with van der Waals surface area (Å²) in [6.07, 6.45) is 61.5. The SMILES string of the molecule is CC\C=C/C=C\C=C/C=C\C=C/CCCC(=O)OC(COC(=O)CCCCCCCCCCCC)COC(=O)CCCCCCCCCCCC/C=C\C=C/CCCCC. The van der Waals surface area contributed by atoms with Crippen molar-refractivity contribution >= 4 is 17.9 Å². The van der Waals surface area contributed by atoms with Gasteiger partial charge in [0.15, 0.2) is 6.10 Å². The van der Waals surface area contributed by atoms with Crippen molar-refractivity contribution in [2.75, 3.05) is 13.2 Å². The Hall–Kier alpha value is -3.41. The van der Waals surface area contributed by atoms with Crippen LogP contribution >= 0.6 is 0 Å². The van der Waals surface area contributed by atoms with Gasteiger partial charge in [0.1, 0.15) is 13.2 Å². The van der Waals surface area contributed by atoms with Crippen molar-refractivity contribution in [2.45, 2.75) is 226 Å². The minimum absolute atomic E-state index is 0.105. The fourth-order valence-electron chi connectivity index (χ4n) is 6.58. The molecule has 6 heteroatoms. The molecule has 0 saturated carbocycles. The van der Waals surface area contributed by atoms with Crippen LogP contribution in [0.25, 0.3) is 0 Å². The van der Waals surface area contributed by atoms with Crippen LogP contribution in [0, 0.1) is 0 Å². The summed E-state index contributed by atoms with van der Waals surface area (Å²) in [5, 5.41) is 0. The van der Waals surface area contributed by atoms with Crippen LogP contribution in [-0.4, -0.2) is 37.2 Å². The molecule has 0 aromatic carbocycles. The standard InChI is InChI=1S/C54H90O6/c1-4-7-10-13-16-19-22-24-25-26-27-28-29-31-32-35-38-41-44-47-53(56)59-50-51(49-58-52(55)46-43-40-37-34-21-18-15-12-9-6-3)60-54(57)48-45-42-39-36-33-30-23-20-17-14-11-8-5-2/h8,11,14,16-17,19-20,22-24,30,33,36,39,51H,4-7,9-10,12-13,15,18,21,25-29,31-32,34-35,37-38,40-50H2,1-3H3/b11-8-,17-14-,19-16-,23-20-,24-22-,33-30-,39-36-. The molecule has 0 aromatic rings. The Morgan fingerprint density at radius 3 is 1.12 bits per heavy atom. The molecule has 0 fully saturated rings. The number of carbonyl (C=O) groups is 3. The molecule has 1 atom stereocenters. The second-order valence-electron chi connectivity index (χ2n) is 16.1. The van der Waals surface area contributed by atoms with Gasteiger partial charge in [-0.2, -0.15) is 0 Å². The number of carbonyl (C=O) groups excluding carboxylic acids is 3. The third kappa shape index (κ3) is 45.7. The summed E-state index contributed by atoms with van der Waals surface area (Å²) in [4.78, 5) is 37.8. The number of hydrogen-bond acceptors (Lipinski definition) is 6. The van der Waals surface area contributed by atoms with E-state index in [2.05, 4.69) is 51.2 Å². The van der Waals surface area contributed by atoms with Crippen LogP contribution in [0.15, 0.2) is 85.1 Å². The van der Waals surface area contributed by atoms with Crippen LogP contribution in [0.1, 0.15) is 220 Å². The Morgan fingerprint density at radius 2 is 0.667 bits per heavy atom. The summed E-state index contributed by atoms with van der Waals surface area (Å²) < 4.78 is 16.7. The number of esters is 3. The molecule has 6 nitrogen and oxygen atoms in total. The van der Waals surface area contributed by atoms with Crippen molar-refractivity contribution in [3.05, 3.63) is 85.1 Å². The zero-order valence-corrected chi connectivity index (χ0v) is 38.9. The monoisotopic (exact) mass is 835 g/mol. The smallest absolute Gasteiger partial charge is 0.306 e. The number of hydrogen-bond donors (Lipinski definition) is 0. The molecule has 0 spiro atoms. The lowest BCUT2D eigenvalue weighted by atomic mass is 10.1. The maximum absolute atomic E-state index is 12.7. The molecule has 0 aliphatic carbocycles. The van der Waals surface area contributed by atoms with E-state index in [-0.39, 0.29) is 37.5 Å². The molecule has 0 saturated heterocycles. The molecule has 0 amide bonds. The molecule has 1 unspecified atom stereocenters. The van der Waals surface area contributed by atoms with Crippen LogP contribution < -0.4 is 0 Å². The van der Waals surface area contributed by atoms with E-state index in [0.717, 1.165) is 51.4 Å². The van der Waals surface area contributed by atoms with Gasteiger partial charge in [-0.15, -0.1) is 0 Å². The third-order valence-corrected chi connectivity index (χ3v) is 10.3. The van der Waals surface area contributed by atoms with Crippen LogP contribution in [0.2, 0.25) is 0 Å². The van der Waals surface area contributed by atoms with Crippen LogP contribution in [-0.2, 0) is 28.6 Å². The van der Waals surface area contributed by atoms with Gasteiger partial charge in [-0.3, -0.25) is 14.4 Å². The van der Waals surface area contributed by atoms with Crippen molar-refractivity contribution in [1.82, 2.24) is 0 Å². The number of rotatable bonds is 43. The first-order valence-corrected chi connectivity index (χ1v) is 24.7. The molecular formula is C54H90O6. The number of unbranched alkanes of at least 4 members (excludes halogenated alkanes) is 23. The van der Waals surface area contributed by atoms with E-state index in [4.69, 9.17) is 14.2 Å². The molecule has 0 heterocycles. The highest BCUT2D eigenvalue weighted by Crippen LogP contribution is 2.14. The first-order valence-electron chi connectivity index (χ1n) is 24.7. The first kappa shape index (κ1) is 56.6. The Balaban J connectivity index is 4.41. The van der Waals surface area contributed by atoms with Gasteiger partial charge >= 0.3 is 17.9 Å². The highest BCUT2D eigenvalue weighted by Gasteiger charge is 2.19. The molecule has 0 bridgehead atoms. The molecule has 0 aromatic heterocycles. The molecule has 342 valence electrons. The first-order chi connectivity index (χ1) is 29.5. The quantitative estimate of drug-likeness (QED) is 0.0263. The highest BCUT2D eigenvalue weighted by molar-refractivity contribution is 5.71. The van der Waals surface area contributed by atoms with Gasteiger partial charge in [-0.05, 0) is 57.8 Å². The average molecular weight is 835 g/mol. The largest absolute Gasteiger partial charge is 0.462 e. The van der Waals surface area contributed by atoms with Gasteiger partial charge in [-0.25, -0.2) is 0 Å². The maximum atomic E-state index is 12.7.